The molecule has 0 spiro atoms. The van der Waals surface area contributed by atoms with Gasteiger partial charge in [0.15, 0.2) is 0 Å². The third-order valence-corrected chi connectivity index (χ3v) is 3.37. The second kappa shape index (κ2) is 4.28. The maximum absolute atomic E-state index is 5.32. The molecule has 0 aliphatic carbocycles. The van der Waals surface area contributed by atoms with Crippen LogP contribution in [0.3, 0.4) is 0 Å². The summed E-state index contributed by atoms with van der Waals surface area (Å²) in [7, 11) is 0. The Kier molecular flexibility index (Phi) is 3.03. The third-order valence-electron chi connectivity index (χ3n) is 2.39. The van der Waals surface area contributed by atoms with E-state index in [0.717, 1.165) is 36.5 Å². The van der Waals surface area contributed by atoms with E-state index in [0.29, 0.717) is 0 Å². The van der Waals surface area contributed by atoms with E-state index < -0.39 is 0 Å². The van der Waals surface area contributed by atoms with Gasteiger partial charge in [-0.15, -0.1) is 0 Å². The molecule has 4 heteroatoms. The van der Waals surface area contributed by atoms with Crippen LogP contribution in [0.25, 0.3) is 0 Å². The zero-order valence-electron chi connectivity index (χ0n) is 8.16. The van der Waals surface area contributed by atoms with Crippen LogP contribution >= 0.6 is 15.9 Å². The van der Waals surface area contributed by atoms with Crippen molar-refractivity contribution in [2.45, 2.75) is 6.92 Å². The molecule has 0 N–H and O–H groups in total. The molecule has 0 radical (unpaired) electrons. The van der Waals surface area contributed by atoms with Crippen LogP contribution in [0.2, 0.25) is 0 Å². The van der Waals surface area contributed by atoms with Crippen molar-refractivity contribution in [3.63, 3.8) is 0 Å². The average molecular weight is 257 g/mol. The summed E-state index contributed by atoms with van der Waals surface area (Å²) in [6.07, 6.45) is 1.85. The molecule has 2 heterocycles. The van der Waals surface area contributed by atoms with Gasteiger partial charge in [0.25, 0.3) is 0 Å². The molecule has 1 aliphatic heterocycles. The molecule has 2 rings (SSSR count). The molecule has 1 saturated heterocycles. The Morgan fingerprint density at radius 2 is 2.14 bits per heavy atom. The molecule has 0 atom stereocenters. The summed E-state index contributed by atoms with van der Waals surface area (Å²) >= 11 is 3.57. The maximum atomic E-state index is 5.32. The molecule has 0 bridgehead atoms. The molecule has 3 nitrogen and oxygen atoms in total. The monoisotopic (exact) mass is 256 g/mol. The molecule has 1 fully saturated rings. The standard InChI is InChI=1S/C10H13BrN2O/c1-8-10(11)9(2-3-12-8)13-4-6-14-7-5-13/h2-3H,4-7H2,1H3. The Morgan fingerprint density at radius 3 is 2.86 bits per heavy atom. The molecular formula is C10H13BrN2O. The molecule has 1 aromatic rings. The van der Waals surface area contributed by atoms with E-state index in [2.05, 4.69) is 25.8 Å². The summed E-state index contributed by atoms with van der Waals surface area (Å²) in [5.74, 6) is 0. The van der Waals surface area contributed by atoms with Crippen molar-refractivity contribution in [3.05, 3.63) is 22.4 Å². The van der Waals surface area contributed by atoms with E-state index in [1.165, 1.54) is 5.69 Å². The molecular weight excluding hydrogens is 244 g/mol. The Balaban J connectivity index is 2.26. The van der Waals surface area contributed by atoms with Crippen molar-refractivity contribution in [1.29, 1.82) is 0 Å². The van der Waals surface area contributed by atoms with Crippen LogP contribution in [-0.4, -0.2) is 31.3 Å². The van der Waals surface area contributed by atoms with Gasteiger partial charge in [-0.3, -0.25) is 4.98 Å². The van der Waals surface area contributed by atoms with Crippen molar-refractivity contribution >= 4 is 21.6 Å². The first-order valence-corrected chi connectivity index (χ1v) is 5.52. The summed E-state index contributed by atoms with van der Waals surface area (Å²) in [6.45, 7) is 5.56. The number of anilines is 1. The topological polar surface area (TPSA) is 25.4 Å². The highest BCUT2D eigenvalue weighted by molar-refractivity contribution is 9.10. The average Bonchev–Trinajstić information content (AvgIpc) is 2.23. The summed E-state index contributed by atoms with van der Waals surface area (Å²) in [5, 5.41) is 0. The zero-order chi connectivity index (χ0) is 9.97. The van der Waals surface area contributed by atoms with Gasteiger partial charge in [-0.2, -0.15) is 0 Å². The van der Waals surface area contributed by atoms with E-state index in [-0.39, 0.29) is 0 Å². The summed E-state index contributed by atoms with van der Waals surface area (Å²) in [6, 6.07) is 2.04. The van der Waals surface area contributed by atoms with Crippen molar-refractivity contribution in [3.8, 4) is 0 Å². The summed E-state index contributed by atoms with van der Waals surface area (Å²) in [4.78, 5) is 6.55. The minimum Gasteiger partial charge on any atom is -0.378 e. The number of hydrogen-bond acceptors (Lipinski definition) is 3. The molecule has 76 valence electrons. The van der Waals surface area contributed by atoms with Crippen LogP contribution in [0.1, 0.15) is 5.69 Å². The molecule has 0 aromatic carbocycles. The van der Waals surface area contributed by atoms with Crippen LogP contribution in [-0.2, 0) is 4.74 Å². The van der Waals surface area contributed by atoms with Gasteiger partial charge in [0, 0.05) is 19.3 Å². The number of morpholine rings is 1. The summed E-state index contributed by atoms with van der Waals surface area (Å²) in [5.41, 5.74) is 2.26. The van der Waals surface area contributed by atoms with E-state index >= 15 is 0 Å². The lowest BCUT2D eigenvalue weighted by atomic mass is 10.3. The van der Waals surface area contributed by atoms with E-state index in [4.69, 9.17) is 4.74 Å². The van der Waals surface area contributed by atoms with Gasteiger partial charge in [0.1, 0.15) is 0 Å². The maximum Gasteiger partial charge on any atom is 0.0642 e. The fraction of sp³-hybridized carbons (Fsp3) is 0.500. The minimum atomic E-state index is 0.813. The van der Waals surface area contributed by atoms with E-state index in [1.807, 2.05) is 19.2 Å². The number of ether oxygens (including phenoxy) is 1. The first kappa shape index (κ1) is 9.93. The Bertz CT molecular complexity index is 324. The predicted octanol–water partition coefficient (Wildman–Crippen LogP) is 1.99. The van der Waals surface area contributed by atoms with Crippen molar-refractivity contribution in [1.82, 2.24) is 4.98 Å². The Labute approximate surface area is 92.2 Å². The lowest BCUT2D eigenvalue weighted by Crippen LogP contribution is -2.36. The lowest BCUT2D eigenvalue weighted by molar-refractivity contribution is 0.122. The number of aryl methyl sites for hydroxylation is 1. The highest BCUT2D eigenvalue weighted by atomic mass is 79.9. The van der Waals surface area contributed by atoms with Crippen LogP contribution in [0.4, 0.5) is 5.69 Å². The molecule has 0 saturated carbocycles. The Morgan fingerprint density at radius 1 is 1.43 bits per heavy atom. The first-order valence-electron chi connectivity index (χ1n) is 4.73. The smallest absolute Gasteiger partial charge is 0.0642 e. The first-order chi connectivity index (χ1) is 6.79. The van der Waals surface area contributed by atoms with Crippen LogP contribution < -0.4 is 4.90 Å². The van der Waals surface area contributed by atoms with Gasteiger partial charge < -0.3 is 9.64 Å². The zero-order valence-corrected chi connectivity index (χ0v) is 9.75. The van der Waals surface area contributed by atoms with E-state index in [1.54, 1.807) is 0 Å². The number of hydrogen-bond donors (Lipinski definition) is 0. The predicted molar refractivity (Wildman–Crippen MR) is 59.7 cm³/mol. The van der Waals surface area contributed by atoms with Gasteiger partial charge in [-0.1, -0.05) is 0 Å². The second-order valence-corrected chi connectivity index (χ2v) is 4.12. The second-order valence-electron chi connectivity index (χ2n) is 3.33. The van der Waals surface area contributed by atoms with Crippen molar-refractivity contribution in [2.75, 3.05) is 31.2 Å². The normalized spacial score (nSPS) is 17.1. The van der Waals surface area contributed by atoms with Crippen molar-refractivity contribution < 1.29 is 4.74 Å². The lowest BCUT2D eigenvalue weighted by Gasteiger charge is -2.29. The van der Waals surface area contributed by atoms with Crippen LogP contribution in [0.5, 0.6) is 0 Å². The molecule has 14 heavy (non-hydrogen) atoms. The number of aromatic nitrogens is 1. The highest BCUT2D eigenvalue weighted by Crippen LogP contribution is 2.28. The van der Waals surface area contributed by atoms with Gasteiger partial charge in [0.2, 0.25) is 0 Å². The van der Waals surface area contributed by atoms with Gasteiger partial charge in [-0.25, -0.2) is 0 Å². The molecule has 1 aliphatic rings. The van der Waals surface area contributed by atoms with Gasteiger partial charge >= 0.3 is 0 Å². The van der Waals surface area contributed by atoms with Crippen LogP contribution in [0, 0.1) is 6.92 Å². The van der Waals surface area contributed by atoms with Gasteiger partial charge in [0.05, 0.1) is 29.1 Å². The van der Waals surface area contributed by atoms with Crippen molar-refractivity contribution in [2.24, 2.45) is 0 Å². The minimum absolute atomic E-state index is 0.813. The number of pyridine rings is 1. The van der Waals surface area contributed by atoms with Gasteiger partial charge in [-0.05, 0) is 28.9 Å². The fourth-order valence-corrected chi connectivity index (χ4v) is 2.07. The molecule has 1 aromatic heterocycles. The quantitative estimate of drug-likeness (QED) is 0.769. The summed E-state index contributed by atoms with van der Waals surface area (Å²) < 4.78 is 6.42. The third kappa shape index (κ3) is 1.91. The SMILES string of the molecule is Cc1nccc(N2CCOCC2)c1Br. The van der Waals surface area contributed by atoms with Crippen LogP contribution in [0.15, 0.2) is 16.7 Å². The molecule has 0 unspecified atom stereocenters. The highest BCUT2D eigenvalue weighted by Gasteiger charge is 2.14. The van der Waals surface area contributed by atoms with E-state index in [9.17, 15) is 0 Å². The number of halogens is 1. The number of rotatable bonds is 1. The number of nitrogens with zero attached hydrogens (tertiary/aromatic N) is 2. The molecule has 0 amide bonds. The largest absolute Gasteiger partial charge is 0.378 e. The Hall–Kier alpha value is -0.610. The fourth-order valence-electron chi connectivity index (χ4n) is 1.58.